The van der Waals surface area contributed by atoms with Crippen molar-refractivity contribution in [2.75, 3.05) is 25.5 Å². The molecule has 0 saturated carbocycles. The number of likely N-dealkylation sites (tertiary alicyclic amines) is 1. The van der Waals surface area contributed by atoms with E-state index in [-0.39, 0.29) is 25.5 Å². The zero-order valence-electron chi connectivity index (χ0n) is 10.6. The van der Waals surface area contributed by atoms with E-state index in [0.29, 0.717) is 12.4 Å². The van der Waals surface area contributed by atoms with E-state index in [2.05, 4.69) is 15.3 Å². The van der Waals surface area contributed by atoms with E-state index in [9.17, 15) is 22.0 Å². The van der Waals surface area contributed by atoms with Crippen LogP contribution in [0.1, 0.15) is 12.0 Å². The molecule has 1 saturated heterocycles. The summed E-state index contributed by atoms with van der Waals surface area (Å²) in [6.45, 7) is 0.141. The van der Waals surface area contributed by atoms with Crippen molar-refractivity contribution in [1.29, 1.82) is 0 Å². The SMILES string of the molecule is CN1CCC(F)(F)[C@H]1CNc1ncc(C(F)(F)F)cn1. The first-order chi connectivity index (χ1) is 9.20. The Morgan fingerprint density at radius 2 is 1.95 bits per heavy atom. The number of rotatable bonds is 3. The molecule has 1 N–H and O–H groups in total. The average Bonchev–Trinajstić information content (AvgIpc) is 2.61. The van der Waals surface area contributed by atoms with Crippen LogP contribution >= 0.6 is 0 Å². The van der Waals surface area contributed by atoms with Gasteiger partial charge in [-0.2, -0.15) is 13.2 Å². The van der Waals surface area contributed by atoms with Crippen LogP contribution in [0.2, 0.25) is 0 Å². The predicted octanol–water partition coefficient (Wildman–Crippen LogP) is 2.25. The summed E-state index contributed by atoms with van der Waals surface area (Å²) in [5.74, 6) is -2.93. The maximum atomic E-state index is 13.5. The predicted molar refractivity (Wildman–Crippen MR) is 61.5 cm³/mol. The van der Waals surface area contributed by atoms with Crippen LogP contribution in [0.25, 0.3) is 0 Å². The largest absolute Gasteiger partial charge is 0.419 e. The van der Waals surface area contributed by atoms with Gasteiger partial charge >= 0.3 is 6.18 Å². The van der Waals surface area contributed by atoms with Crippen molar-refractivity contribution >= 4 is 5.95 Å². The van der Waals surface area contributed by atoms with E-state index in [1.54, 1.807) is 7.05 Å². The highest BCUT2D eigenvalue weighted by Gasteiger charge is 2.47. The zero-order valence-corrected chi connectivity index (χ0v) is 10.6. The Morgan fingerprint density at radius 3 is 2.40 bits per heavy atom. The number of nitrogens with one attached hydrogen (secondary N) is 1. The first kappa shape index (κ1) is 14.9. The van der Waals surface area contributed by atoms with Gasteiger partial charge in [-0.1, -0.05) is 0 Å². The van der Waals surface area contributed by atoms with Gasteiger partial charge in [0, 0.05) is 31.9 Å². The van der Waals surface area contributed by atoms with Crippen LogP contribution in [-0.4, -0.2) is 47.0 Å². The number of alkyl halides is 5. The minimum atomic E-state index is -4.52. The highest BCUT2D eigenvalue weighted by Crippen LogP contribution is 2.33. The second-order valence-electron chi connectivity index (χ2n) is 4.68. The summed E-state index contributed by atoms with van der Waals surface area (Å²) in [6, 6.07) is -1.02. The molecule has 20 heavy (non-hydrogen) atoms. The maximum absolute atomic E-state index is 13.5. The van der Waals surface area contributed by atoms with Crippen molar-refractivity contribution in [2.45, 2.75) is 24.6 Å². The van der Waals surface area contributed by atoms with Crippen LogP contribution in [0.3, 0.4) is 0 Å². The van der Waals surface area contributed by atoms with Gasteiger partial charge in [0.15, 0.2) is 0 Å². The molecule has 1 aromatic rings. The lowest BCUT2D eigenvalue weighted by Crippen LogP contribution is -2.42. The molecule has 1 aliphatic heterocycles. The number of hydrogen-bond donors (Lipinski definition) is 1. The minimum absolute atomic E-state index is 0.103. The molecule has 0 spiro atoms. The molecule has 0 unspecified atom stereocenters. The van der Waals surface area contributed by atoms with Gasteiger partial charge in [0.2, 0.25) is 5.95 Å². The molecule has 1 fully saturated rings. The third kappa shape index (κ3) is 3.14. The van der Waals surface area contributed by atoms with Crippen molar-refractivity contribution in [3.8, 4) is 0 Å². The molecule has 0 aromatic carbocycles. The summed E-state index contributed by atoms with van der Waals surface area (Å²) >= 11 is 0. The first-order valence-corrected chi connectivity index (χ1v) is 5.91. The van der Waals surface area contributed by atoms with Crippen LogP contribution in [0.5, 0.6) is 0 Å². The highest BCUT2D eigenvalue weighted by atomic mass is 19.4. The van der Waals surface area contributed by atoms with Gasteiger partial charge in [0.25, 0.3) is 5.92 Å². The van der Waals surface area contributed by atoms with Crippen LogP contribution < -0.4 is 5.32 Å². The standard InChI is InChI=1S/C11H13F5N4/c1-20-3-2-10(12,13)8(20)6-19-9-17-4-7(5-18-9)11(14,15)16/h4-5,8H,2-3,6H2,1H3,(H,17,18,19)/t8-/m1/s1. The van der Waals surface area contributed by atoms with Crippen molar-refractivity contribution in [2.24, 2.45) is 0 Å². The Kier molecular flexibility index (Phi) is 3.81. The van der Waals surface area contributed by atoms with Crippen molar-refractivity contribution < 1.29 is 22.0 Å². The molecule has 4 nitrogen and oxygen atoms in total. The first-order valence-electron chi connectivity index (χ1n) is 5.91. The number of anilines is 1. The van der Waals surface area contributed by atoms with Crippen molar-refractivity contribution in [3.63, 3.8) is 0 Å². The van der Waals surface area contributed by atoms with Crippen LogP contribution in [0.4, 0.5) is 27.9 Å². The number of aromatic nitrogens is 2. The van der Waals surface area contributed by atoms with Gasteiger partial charge in [-0.15, -0.1) is 0 Å². The Bertz CT molecular complexity index is 459. The lowest BCUT2D eigenvalue weighted by atomic mass is 10.1. The lowest BCUT2D eigenvalue weighted by Gasteiger charge is -2.24. The third-order valence-corrected chi connectivity index (χ3v) is 3.25. The van der Waals surface area contributed by atoms with Crippen molar-refractivity contribution in [1.82, 2.24) is 14.9 Å². The fourth-order valence-corrected chi connectivity index (χ4v) is 2.03. The molecule has 0 bridgehead atoms. The lowest BCUT2D eigenvalue weighted by molar-refractivity contribution is -0.138. The fraction of sp³-hybridized carbons (Fsp3) is 0.636. The molecule has 112 valence electrons. The summed E-state index contributed by atoms with van der Waals surface area (Å²) in [5.41, 5.74) is -0.980. The Balaban J connectivity index is 1.98. The van der Waals surface area contributed by atoms with E-state index in [4.69, 9.17) is 0 Å². The van der Waals surface area contributed by atoms with Crippen LogP contribution in [0, 0.1) is 0 Å². The Hall–Kier alpha value is -1.51. The summed E-state index contributed by atoms with van der Waals surface area (Å²) in [4.78, 5) is 8.44. The van der Waals surface area contributed by atoms with E-state index in [1.165, 1.54) is 4.90 Å². The maximum Gasteiger partial charge on any atom is 0.419 e. The van der Waals surface area contributed by atoms with Gasteiger partial charge in [0.1, 0.15) is 0 Å². The quantitative estimate of drug-likeness (QED) is 0.869. The van der Waals surface area contributed by atoms with Crippen LogP contribution in [0.15, 0.2) is 12.4 Å². The second-order valence-corrected chi connectivity index (χ2v) is 4.68. The molecular formula is C11H13F5N4. The number of halogens is 5. The summed E-state index contributed by atoms with van der Waals surface area (Å²) < 4.78 is 63.9. The van der Waals surface area contributed by atoms with E-state index in [1.807, 2.05) is 0 Å². The average molecular weight is 296 g/mol. The molecule has 2 heterocycles. The molecular weight excluding hydrogens is 283 g/mol. The van der Waals surface area contributed by atoms with Gasteiger partial charge in [0.05, 0.1) is 11.6 Å². The molecule has 9 heteroatoms. The molecule has 1 aromatic heterocycles. The molecule has 0 radical (unpaired) electrons. The third-order valence-electron chi connectivity index (χ3n) is 3.25. The van der Waals surface area contributed by atoms with E-state index < -0.39 is 23.7 Å². The Morgan fingerprint density at radius 1 is 1.35 bits per heavy atom. The summed E-state index contributed by atoms with van der Waals surface area (Å²) in [5, 5.41) is 2.54. The van der Waals surface area contributed by atoms with E-state index >= 15 is 0 Å². The summed E-state index contributed by atoms with van der Waals surface area (Å²) in [7, 11) is 1.57. The molecule has 0 aliphatic carbocycles. The normalized spacial score (nSPS) is 23.0. The number of hydrogen-bond acceptors (Lipinski definition) is 4. The summed E-state index contributed by atoms with van der Waals surface area (Å²) in [6.07, 6.45) is -3.52. The minimum Gasteiger partial charge on any atom is -0.352 e. The second kappa shape index (κ2) is 5.12. The topological polar surface area (TPSA) is 41.0 Å². The highest BCUT2D eigenvalue weighted by molar-refractivity contribution is 5.26. The van der Waals surface area contributed by atoms with Gasteiger partial charge in [-0.3, -0.25) is 4.90 Å². The number of likely N-dealkylation sites (N-methyl/N-ethyl adjacent to an activating group) is 1. The Labute approximate surface area is 112 Å². The van der Waals surface area contributed by atoms with Crippen molar-refractivity contribution in [3.05, 3.63) is 18.0 Å². The van der Waals surface area contributed by atoms with Gasteiger partial charge < -0.3 is 5.32 Å². The number of nitrogens with zero attached hydrogens (tertiary/aromatic N) is 3. The monoisotopic (exact) mass is 296 g/mol. The molecule has 1 aliphatic rings. The van der Waals surface area contributed by atoms with Gasteiger partial charge in [-0.25, -0.2) is 18.7 Å². The fourth-order valence-electron chi connectivity index (χ4n) is 2.03. The molecule has 2 rings (SSSR count). The van der Waals surface area contributed by atoms with Gasteiger partial charge in [-0.05, 0) is 7.05 Å². The van der Waals surface area contributed by atoms with Crippen LogP contribution in [-0.2, 0) is 6.18 Å². The van der Waals surface area contributed by atoms with E-state index in [0.717, 1.165) is 0 Å². The smallest absolute Gasteiger partial charge is 0.352 e. The zero-order chi connectivity index (χ0) is 15.0. The molecule has 0 amide bonds. The molecule has 1 atom stereocenters.